The number of carbonyl (C=O) groups excluding carboxylic acids is 1. The smallest absolute Gasteiger partial charge is 0.325 e. The van der Waals surface area contributed by atoms with Crippen LogP contribution in [0.2, 0.25) is 0 Å². The molecule has 5 nitrogen and oxygen atoms in total. The largest absolute Gasteiger partial charge is 0.393 e. The number of amides is 1. The van der Waals surface area contributed by atoms with Crippen LogP contribution in [0.25, 0.3) is 0 Å². The van der Waals surface area contributed by atoms with Gasteiger partial charge >= 0.3 is 6.18 Å². The molecule has 0 saturated carbocycles. The molecule has 1 aromatic rings. The van der Waals surface area contributed by atoms with Gasteiger partial charge in [0.05, 0.1) is 17.4 Å². The summed E-state index contributed by atoms with van der Waals surface area (Å²) in [6, 6.07) is 5.63. The molecule has 1 aliphatic rings. The first-order valence-corrected chi connectivity index (χ1v) is 9.34. The maximum Gasteiger partial charge on any atom is 0.393 e. The van der Waals surface area contributed by atoms with Crippen molar-refractivity contribution in [2.45, 2.75) is 23.9 Å². The summed E-state index contributed by atoms with van der Waals surface area (Å²) >= 11 is 0. The molecule has 9 heteroatoms. The van der Waals surface area contributed by atoms with Crippen molar-refractivity contribution < 1.29 is 26.4 Å². The zero-order chi connectivity index (χ0) is 18.0. The molecular weight excluding hydrogens is 345 g/mol. The maximum atomic E-state index is 12.8. The third-order valence-electron chi connectivity index (χ3n) is 3.90. The first kappa shape index (κ1) is 18.7. The number of piperidine rings is 1. The quantitative estimate of drug-likeness (QED) is 0.890. The highest BCUT2D eigenvalue weighted by molar-refractivity contribution is 7.90. The highest BCUT2D eigenvalue weighted by Crippen LogP contribution is 2.32. The standard InChI is InChI=1S/C15H19F3N2O3S/c1-24(22,23)13-6-4-12(5-7-13)19-14(21)10-20-8-2-3-11(9-20)15(16,17)18/h4-7,11H,2-3,8-10H2,1H3,(H,19,21). The molecule has 1 fully saturated rings. The number of sulfone groups is 1. The van der Waals surface area contributed by atoms with E-state index in [0.29, 0.717) is 18.7 Å². The number of hydrogen-bond donors (Lipinski definition) is 1. The molecule has 0 radical (unpaired) electrons. The molecule has 1 unspecified atom stereocenters. The Morgan fingerprint density at radius 1 is 1.29 bits per heavy atom. The SMILES string of the molecule is CS(=O)(=O)c1ccc(NC(=O)CN2CCCC(C(F)(F)F)C2)cc1. The van der Waals surface area contributed by atoms with Crippen LogP contribution in [0.3, 0.4) is 0 Å². The van der Waals surface area contributed by atoms with Gasteiger partial charge in [-0.2, -0.15) is 13.2 Å². The summed E-state index contributed by atoms with van der Waals surface area (Å²) in [6.45, 7) is 0.150. The Morgan fingerprint density at radius 3 is 2.46 bits per heavy atom. The van der Waals surface area contributed by atoms with E-state index < -0.39 is 27.8 Å². The molecule has 24 heavy (non-hydrogen) atoms. The number of anilines is 1. The van der Waals surface area contributed by atoms with Crippen LogP contribution in [-0.2, 0) is 14.6 Å². The number of alkyl halides is 3. The normalized spacial score (nSPS) is 19.9. The van der Waals surface area contributed by atoms with Crippen molar-refractivity contribution in [3.63, 3.8) is 0 Å². The third kappa shape index (κ3) is 5.20. The Balaban J connectivity index is 1.91. The molecule has 1 saturated heterocycles. The molecule has 1 heterocycles. The lowest BCUT2D eigenvalue weighted by Gasteiger charge is -2.33. The third-order valence-corrected chi connectivity index (χ3v) is 5.03. The highest BCUT2D eigenvalue weighted by Gasteiger charge is 2.41. The molecule has 1 atom stereocenters. The molecule has 0 bridgehead atoms. The lowest BCUT2D eigenvalue weighted by molar-refractivity contribution is -0.186. The van der Waals surface area contributed by atoms with Gasteiger partial charge in [-0.1, -0.05) is 0 Å². The summed E-state index contributed by atoms with van der Waals surface area (Å²) in [7, 11) is -3.32. The topological polar surface area (TPSA) is 66.5 Å². The number of benzene rings is 1. The molecule has 134 valence electrons. The predicted molar refractivity (Wildman–Crippen MR) is 83.4 cm³/mol. The van der Waals surface area contributed by atoms with Gasteiger partial charge in [0.2, 0.25) is 5.91 Å². The molecule has 1 aliphatic heterocycles. The average Bonchev–Trinajstić information content (AvgIpc) is 2.46. The van der Waals surface area contributed by atoms with Crippen LogP contribution in [-0.4, -0.2) is 51.3 Å². The van der Waals surface area contributed by atoms with Crippen molar-refractivity contribution in [2.24, 2.45) is 5.92 Å². The van der Waals surface area contributed by atoms with Crippen molar-refractivity contribution in [2.75, 3.05) is 31.2 Å². The average molecular weight is 364 g/mol. The van der Waals surface area contributed by atoms with E-state index in [1.165, 1.54) is 29.2 Å². The second kappa shape index (κ2) is 7.10. The minimum atomic E-state index is -4.24. The molecular formula is C15H19F3N2O3S. The zero-order valence-electron chi connectivity index (χ0n) is 13.1. The first-order valence-electron chi connectivity index (χ1n) is 7.45. The van der Waals surface area contributed by atoms with Gasteiger partial charge in [-0.25, -0.2) is 8.42 Å². The van der Waals surface area contributed by atoms with Crippen molar-refractivity contribution in [3.8, 4) is 0 Å². The van der Waals surface area contributed by atoms with Crippen LogP contribution < -0.4 is 5.32 Å². The van der Waals surface area contributed by atoms with Gasteiger partial charge in [0.25, 0.3) is 0 Å². The van der Waals surface area contributed by atoms with Crippen molar-refractivity contribution >= 4 is 21.4 Å². The van der Waals surface area contributed by atoms with Crippen LogP contribution in [0, 0.1) is 5.92 Å². The van der Waals surface area contributed by atoms with Crippen molar-refractivity contribution in [1.82, 2.24) is 4.90 Å². The molecule has 0 aliphatic carbocycles. The Labute approximate surface area is 138 Å². The molecule has 2 rings (SSSR count). The number of nitrogens with one attached hydrogen (secondary N) is 1. The van der Waals surface area contributed by atoms with E-state index in [1.807, 2.05) is 0 Å². The lowest BCUT2D eigenvalue weighted by Crippen LogP contribution is -2.44. The number of nitrogens with zero attached hydrogens (tertiary/aromatic N) is 1. The summed E-state index contributed by atoms with van der Waals surface area (Å²) in [4.78, 5) is 13.6. The van der Waals surface area contributed by atoms with Crippen LogP contribution in [0.4, 0.5) is 18.9 Å². The molecule has 0 spiro atoms. The second-order valence-corrected chi connectivity index (χ2v) is 7.98. The molecule has 1 amide bonds. The summed E-state index contributed by atoms with van der Waals surface area (Å²) in [5.74, 6) is -1.82. The summed E-state index contributed by atoms with van der Waals surface area (Å²) in [5, 5.41) is 2.56. The minimum absolute atomic E-state index is 0.0918. The van der Waals surface area contributed by atoms with E-state index in [9.17, 15) is 26.4 Å². The number of halogens is 3. The van der Waals surface area contributed by atoms with Crippen molar-refractivity contribution in [3.05, 3.63) is 24.3 Å². The Morgan fingerprint density at radius 2 is 1.92 bits per heavy atom. The van der Waals surface area contributed by atoms with Gasteiger partial charge in [0.15, 0.2) is 9.84 Å². The van der Waals surface area contributed by atoms with Gasteiger partial charge in [0, 0.05) is 18.5 Å². The zero-order valence-corrected chi connectivity index (χ0v) is 14.0. The Kier molecular flexibility index (Phi) is 5.54. The van der Waals surface area contributed by atoms with Crippen LogP contribution >= 0.6 is 0 Å². The Bertz CT molecular complexity index is 687. The number of carbonyl (C=O) groups is 1. The number of rotatable bonds is 4. The van der Waals surface area contributed by atoms with Gasteiger partial charge in [-0.05, 0) is 43.7 Å². The summed E-state index contributed by atoms with van der Waals surface area (Å²) in [6.07, 6.45) is -2.67. The van der Waals surface area contributed by atoms with Crippen molar-refractivity contribution in [1.29, 1.82) is 0 Å². The fourth-order valence-electron chi connectivity index (χ4n) is 2.66. The highest BCUT2D eigenvalue weighted by atomic mass is 32.2. The Hall–Kier alpha value is -1.61. The monoisotopic (exact) mass is 364 g/mol. The summed E-state index contributed by atoms with van der Waals surface area (Å²) < 4.78 is 61.0. The number of hydrogen-bond acceptors (Lipinski definition) is 4. The van der Waals surface area contributed by atoms with E-state index >= 15 is 0 Å². The molecule has 1 aromatic carbocycles. The van der Waals surface area contributed by atoms with Gasteiger partial charge in [0.1, 0.15) is 0 Å². The van der Waals surface area contributed by atoms with Gasteiger partial charge in [-0.15, -0.1) is 0 Å². The summed E-state index contributed by atoms with van der Waals surface area (Å²) in [5.41, 5.74) is 0.400. The number of likely N-dealkylation sites (tertiary alicyclic amines) is 1. The van der Waals surface area contributed by atoms with Gasteiger partial charge < -0.3 is 5.32 Å². The fourth-order valence-corrected chi connectivity index (χ4v) is 3.29. The van der Waals surface area contributed by atoms with Crippen LogP contribution in [0.5, 0.6) is 0 Å². The van der Waals surface area contributed by atoms with Gasteiger partial charge in [-0.3, -0.25) is 9.69 Å². The second-order valence-electron chi connectivity index (χ2n) is 5.96. The van der Waals surface area contributed by atoms with E-state index in [1.54, 1.807) is 0 Å². The van der Waals surface area contributed by atoms with Crippen LogP contribution in [0.1, 0.15) is 12.8 Å². The maximum absolute atomic E-state index is 12.8. The predicted octanol–water partition coefficient (Wildman–Crippen LogP) is 2.30. The van der Waals surface area contributed by atoms with E-state index in [-0.39, 0.29) is 24.4 Å². The van der Waals surface area contributed by atoms with E-state index in [0.717, 1.165) is 6.26 Å². The van der Waals surface area contributed by atoms with E-state index in [2.05, 4.69) is 5.32 Å². The molecule has 1 N–H and O–H groups in total. The first-order chi connectivity index (χ1) is 11.1. The minimum Gasteiger partial charge on any atom is -0.325 e. The van der Waals surface area contributed by atoms with Crippen LogP contribution in [0.15, 0.2) is 29.2 Å². The fraction of sp³-hybridized carbons (Fsp3) is 0.533. The lowest BCUT2D eigenvalue weighted by atomic mass is 9.97. The molecule has 0 aromatic heterocycles. The van der Waals surface area contributed by atoms with E-state index in [4.69, 9.17) is 0 Å².